The van der Waals surface area contributed by atoms with Crippen molar-refractivity contribution in [1.82, 2.24) is 14.5 Å². The van der Waals surface area contributed by atoms with E-state index in [0.717, 1.165) is 28.3 Å². The number of hydrogen-bond acceptors (Lipinski definition) is 3. The van der Waals surface area contributed by atoms with E-state index in [-0.39, 0.29) is 0 Å². The molecule has 4 nitrogen and oxygen atoms in total. The molecule has 3 saturated heterocycles. The normalized spacial score (nSPS) is 28.6. The van der Waals surface area contributed by atoms with Gasteiger partial charge < -0.3 is 14.5 Å². The Morgan fingerprint density at radius 3 is 2.75 bits per heavy atom. The first-order valence-electron chi connectivity index (χ1n) is 7.13. The van der Waals surface area contributed by atoms with Crippen LogP contribution < -0.4 is 0 Å². The van der Waals surface area contributed by atoms with E-state index in [9.17, 15) is 5.26 Å². The molecule has 102 valence electrons. The van der Waals surface area contributed by atoms with Crippen LogP contribution in [-0.2, 0) is 0 Å². The summed E-state index contributed by atoms with van der Waals surface area (Å²) >= 11 is 5.54. The molecular formula is C15H16N4S. The summed E-state index contributed by atoms with van der Waals surface area (Å²) in [7, 11) is 0. The van der Waals surface area contributed by atoms with E-state index in [1.54, 1.807) is 0 Å². The van der Waals surface area contributed by atoms with Crippen LogP contribution in [0, 0.1) is 22.0 Å². The fraction of sp³-hybridized carbons (Fsp3) is 0.467. The Bertz CT molecular complexity index is 758. The van der Waals surface area contributed by atoms with Gasteiger partial charge in [0, 0.05) is 6.54 Å². The number of H-pyrrole nitrogens is 1. The predicted molar refractivity (Wildman–Crippen MR) is 80.0 cm³/mol. The maximum Gasteiger partial charge on any atom is 0.178 e. The van der Waals surface area contributed by atoms with Gasteiger partial charge in [-0.25, -0.2) is 0 Å². The van der Waals surface area contributed by atoms with Crippen LogP contribution in [0.2, 0.25) is 0 Å². The van der Waals surface area contributed by atoms with E-state index in [1.807, 2.05) is 12.1 Å². The first-order valence-corrected chi connectivity index (χ1v) is 7.54. The van der Waals surface area contributed by atoms with Crippen molar-refractivity contribution in [1.29, 1.82) is 5.26 Å². The molecule has 0 spiro atoms. The first kappa shape index (κ1) is 12.1. The molecule has 3 aliphatic rings. The third kappa shape index (κ3) is 1.65. The quantitative estimate of drug-likeness (QED) is 0.819. The molecule has 4 heterocycles. The maximum absolute atomic E-state index is 9.23. The van der Waals surface area contributed by atoms with Gasteiger partial charge in [-0.1, -0.05) is 6.07 Å². The Balaban J connectivity index is 1.90. The molecule has 0 saturated carbocycles. The Morgan fingerprint density at radius 2 is 2.10 bits per heavy atom. The summed E-state index contributed by atoms with van der Waals surface area (Å²) in [5, 5.41) is 9.23. The average molecular weight is 284 g/mol. The maximum atomic E-state index is 9.23. The van der Waals surface area contributed by atoms with Crippen molar-refractivity contribution >= 4 is 23.3 Å². The fourth-order valence-electron chi connectivity index (χ4n) is 3.80. The van der Waals surface area contributed by atoms with E-state index in [2.05, 4.69) is 26.6 Å². The molecule has 3 fully saturated rings. The van der Waals surface area contributed by atoms with Crippen LogP contribution in [0.3, 0.4) is 0 Å². The molecule has 20 heavy (non-hydrogen) atoms. The van der Waals surface area contributed by atoms with Gasteiger partial charge >= 0.3 is 0 Å². The van der Waals surface area contributed by atoms with E-state index >= 15 is 0 Å². The molecule has 1 unspecified atom stereocenters. The predicted octanol–water partition coefficient (Wildman–Crippen LogP) is 2.84. The van der Waals surface area contributed by atoms with Gasteiger partial charge in [0.15, 0.2) is 4.77 Å². The third-order valence-electron chi connectivity index (χ3n) is 4.83. The SMILES string of the molecule is N#Cc1cccc2c1[nH]c(=S)n2C1CN2CCC1CC2. The van der Waals surface area contributed by atoms with Crippen molar-refractivity contribution in [2.24, 2.45) is 5.92 Å². The number of imidazole rings is 1. The van der Waals surface area contributed by atoms with Crippen molar-refractivity contribution < 1.29 is 0 Å². The minimum atomic E-state index is 0.452. The van der Waals surface area contributed by atoms with E-state index in [1.165, 1.54) is 25.9 Å². The molecule has 1 N–H and O–H groups in total. The molecule has 0 radical (unpaired) electrons. The highest BCUT2D eigenvalue weighted by Gasteiger charge is 2.36. The van der Waals surface area contributed by atoms with Crippen molar-refractivity contribution in [3.8, 4) is 6.07 Å². The van der Waals surface area contributed by atoms with Crippen molar-refractivity contribution in [2.45, 2.75) is 18.9 Å². The van der Waals surface area contributed by atoms with Crippen LogP contribution in [0.1, 0.15) is 24.4 Å². The van der Waals surface area contributed by atoms with Crippen molar-refractivity contribution in [2.75, 3.05) is 19.6 Å². The van der Waals surface area contributed by atoms with Crippen LogP contribution in [0.15, 0.2) is 18.2 Å². The number of benzene rings is 1. The van der Waals surface area contributed by atoms with Gasteiger partial charge in [0.1, 0.15) is 6.07 Å². The number of aromatic nitrogens is 2. The second kappa shape index (κ2) is 4.44. The third-order valence-corrected chi connectivity index (χ3v) is 5.13. The Labute approximate surface area is 122 Å². The van der Waals surface area contributed by atoms with Crippen LogP contribution in [-0.4, -0.2) is 34.1 Å². The zero-order chi connectivity index (χ0) is 13.7. The largest absolute Gasteiger partial charge is 0.329 e. The van der Waals surface area contributed by atoms with E-state index in [4.69, 9.17) is 12.2 Å². The number of piperidine rings is 3. The van der Waals surface area contributed by atoms with E-state index < -0.39 is 0 Å². The summed E-state index contributed by atoms with van der Waals surface area (Å²) in [6.45, 7) is 3.53. The zero-order valence-electron chi connectivity index (χ0n) is 11.2. The average Bonchev–Trinajstić information content (AvgIpc) is 2.84. The molecule has 1 aromatic carbocycles. The molecule has 3 aliphatic heterocycles. The lowest BCUT2D eigenvalue weighted by molar-refractivity contribution is 0.0582. The number of nitrogens with one attached hydrogen (secondary N) is 1. The van der Waals surface area contributed by atoms with Gasteiger partial charge in [-0.05, 0) is 56.2 Å². The summed E-state index contributed by atoms with van der Waals surface area (Å²) < 4.78 is 3.00. The fourth-order valence-corrected chi connectivity index (χ4v) is 4.13. The summed E-state index contributed by atoms with van der Waals surface area (Å²) in [6.07, 6.45) is 2.52. The minimum Gasteiger partial charge on any atom is -0.329 e. The highest BCUT2D eigenvalue weighted by molar-refractivity contribution is 7.71. The number of fused-ring (bicyclic) bond motifs is 4. The summed E-state index contributed by atoms with van der Waals surface area (Å²) in [5.74, 6) is 0.719. The lowest BCUT2D eigenvalue weighted by Crippen LogP contribution is -2.48. The van der Waals surface area contributed by atoms with Gasteiger partial charge in [0.05, 0.1) is 22.6 Å². The standard InChI is InChI=1S/C15H16N4S/c16-8-11-2-1-3-12-14(11)17-15(20)19(12)13-9-18-6-4-10(13)5-7-18/h1-3,10,13H,4-7,9H2,(H,17,20). The number of hydrogen-bond donors (Lipinski definition) is 1. The molecule has 5 rings (SSSR count). The number of nitriles is 1. The smallest absolute Gasteiger partial charge is 0.178 e. The molecule has 2 bridgehead atoms. The molecule has 5 heteroatoms. The van der Waals surface area contributed by atoms with Crippen molar-refractivity contribution in [3.63, 3.8) is 0 Å². The summed E-state index contributed by atoms with van der Waals surface area (Å²) in [5.41, 5.74) is 2.64. The van der Waals surface area contributed by atoms with E-state index in [0.29, 0.717) is 11.6 Å². The number of rotatable bonds is 1. The van der Waals surface area contributed by atoms with Gasteiger partial charge in [0.2, 0.25) is 0 Å². The molecule has 1 atom stereocenters. The summed E-state index contributed by atoms with van der Waals surface area (Å²) in [4.78, 5) is 5.77. The topological polar surface area (TPSA) is 47.8 Å². The van der Waals surface area contributed by atoms with Gasteiger partial charge in [-0.2, -0.15) is 5.26 Å². The highest BCUT2D eigenvalue weighted by Crippen LogP contribution is 2.37. The lowest BCUT2D eigenvalue weighted by Gasteiger charge is -2.45. The number of nitrogens with zero attached hydrogens (tertiary/aromatic N) is 3. The molecule has 1 aromatic heterocycles. The van der Waals surface area contributed by atoms with Crippen LogP contribution in [0.4, 0.5) is 0 Å². The lowest BCUT2D eigenvalue weighted by atomic mass is 9.84. The second-order valence-electron chi connectivity index (χ2n) is 5.82. The first-order chi connectivity index (χ1) is 9.78. The molecular weight excluding hydrogens is 268 g/mol. The molecule has 0 amide bonds. The Morgan fingerprint density at radius 1 is 1.30 bits per heavy atom. The number of para-hydroxylation sites is 1. The number of aromatic amines is 1. The summed E-state index contributed by atoms with van der Waals surface area (Å²) in [6, 6.07) is 8.55. The molecule has 2 aromatic rings. The van der Waals surface area contributed by atoms with Gasteiger partial charge in [-0.3, -0.25) is 0 Å². The van der Waals surface area contributed by atoms with Crippen LogP contribution in [0.5, 0.6) is 0 Å². The molecule has 0 aliphatic carbocycles. The van der Waals surface area contributed by atoms with Gasteiger partial charge in [0.25, 0.3) is 0 Å². The monoisotopic (exact) mass is 284 g/mol. The minimum absolute atomic E-state index is 0.452. The Hall–Kier alpha value is -1.64. The highest BCUT2D eigenvalue weighted by atomic mass is 32.1. The zero-order valence-corrected chi connectivity index (χ0v) is 12.0. The second-order valence-corrected chi connectivity index (χ2v) is 6.20. The van der Waals surface area contributed by atoms with Crippen LogP contribution >= 0.6 is 12.2 Å². The van der Waals surface area contributed by atoms with Gasteiger partial charge in [-0.15, -0.1) is 0 Å². The van der Waals surface area contributed by atoms with Crippen molar-refractivity contribution in [3.05, 3.63) is 28.5 Å². The van der Waals surface area contributed by atoms with Crippen LogP contribution in [0.25, 0.3) is 11.0 Å². The Kier molecular flexibility index (Phi) is 2.69.